The van der Waals surface area contributed by atoms with Gasteiger partial charge in [0.25, 0.3) is 10.0 Å². The van der Waals surface area contributed by atoms with Gasteiger partial charge in [-0.1, -0.05) is 19.1 Å². The van der Waals surface area contributed by atoms with E-state index in [-0.39, 0.29) is 16.1 Å². The van der Waals surface area contributed by atoms with E-state index < -0.39 is 16.0 Å². The van der Waals surface area contributed by atoms with Gasteiger partial charge in [-0.25, -0.2) is 13.2 Å². The van der Waals surface area contributed by atoms with Crippen molar-refractivity contribution in [2.24, 2.45) is 0 Å². The maximum absolute atomic E-state index is 12.6. The van der Waals surface area contributed by atoms with Gasteiger partial charge in [0.15, 0.2) is 0 Å². The number of hydrogen-bond donors (Lipinski definition) is 2. The second-order valence-corrected chi connectivity index (χ2v) is 7.58. The summed E-state index contributed by atoms with van der Waals surface area (Å²) in [4.78, 5) is 11.2. The molecule has 0 aliphatic carbocycles. The number of benzene rings is 2. The Labute approximate surface area is 143 Å². The van der Waals surface area contributed by atoms with Crippen molar-refractivity contribution in [1.82, 2.24) is 0 Å². The van der Waals surface area contributed by atoms with Crippen LogP contribution in [-0.4, -0.2) is 19.5 Å². The van der Waals surface area contributed by atoms with Crippen molar-refractivity contribution in [2.45, 2.75) is 25.2 Å². The fraction of sp³-hybridized carbons (Fsp3) is 0.188. The van der Waals surface area contributed by atoms with Crippen LogP contribution in [0.4, 0.5) is 5.69 Å². The molecule has 0 fully saturated rings. The standard InChI is InChI=1S/C16H16BrNO4S/c1-3-11-5-6-12(16(19)20)9-14(11)18-23(21,22)15-8-10(2)4-7-13(15)17/h4-9,18H,3H2,1-2H3,(H,19,20). The van der Waals surface area contributed by atoms with E-state index in [2.05, 4.69) is 20.7 Å². The molecule has 2 N–H and O–H groups in total. The Hall–Kier alpha value is -1.86. The van der Waals surface area contributed by atoms with Gasteiger partial charge in [-0.05, 0) is 64.7 Å². The van der Waals surface area contributed by atoms with Gasteiger partial charge in [-0.2, -0.15) is 0 Å². The molecule has 5 nitrogen and oxygen atoms in total. The summed E-state index contributed by atoms with van der Waals surface area (Å²) in [5.74, 6) is -1.11. The van der Waals surface area contributed by atoms with E-state index in [0.29, 0.717) is 10.9 Å². The van der Waals surface area contributed by atoms with Gasteiger partial charge in [0, 0.05) is 4.47 Å². The van der Waals surface area contributed by atoms with Gasteiger partial charge in [0.1, 0.15) is 4.90 Å². The van der Waals surface area contributed by atoms with Gasteiger partial charge >= 0.3 is 5.97 Å². The lowest BCUT2D eigenvalue weighted by molar-refractivity contribution is 0.0697. The number of anilines is 1. The molecule has 23 heavy (non-hydrogen) atoms. The van der Waals surface area contributed by atoms with Crippen molar-refractivity contribution in [3.05, 3.63) is 57.6 Å². The zero-order valence-corrected chi connectivity index (χ0v) is 15.0. The molecule has 7 heteroatoms. The molecule has 0 aliphatic rings. The highest BCUT2D eigenvalue weighted by Crippen LogP contribution is 2.27. The molecule has 0 radical (unpaired) electrons. The third-order valence-corrected chi connectivity index (χ3v) is 5.72. The number of rotatable bonds is 5. The molecule has 0 unspecified atom stereocenters. The Balaban J connectivity index is 2.50. The second kappa shape index (κ2) is 6.72. The molecule has 2 aromatic carbocycles. The molecule has 0 saturated heterocycles. The number of carboxylic acids is 1. The fourth-order valence-corrected chi connectivity index (χ4v) is 4.27. The van der Waals surface area contributed by atoms with Crippen LogP contribution in [0.1, 0.15) is 28.4 Å². The molecule has 2 rings (SSSR count). The highest BCUT2D eigenvalue weighted by atomic mass is 79.9. The Morgan fingerprint density at radius 2 is 1.91 bits per heavy atom. The average molecular weight is 398 g/mol. The lowest BCUT2D eigenvalue weighted by Crippen LogP contribution is -2.15. The average Bonchev–Trinajstić information content (AvgIpc) is 2.49. The highest BCUT2D eigenvalue weighted by molar-refractivity contribution is 9.10. The van der Waals surface area contributed by atoms with Crippen molar-refractivity contribution in [3.8, 4) is 0 Å². The number of nitrogens with one attached hydrogen (secondary N) is 1. The Kier molecular flexibility index (Phi) is 5.11. The molecule has 0 saturated carbocycles. The monoisotopic (exact) mass is 397 g/mol. The smallest absolute Gasteiger partial charge is 0.335 e. The highest BCUT2D eigenvalue weighted by Gasteiger charge is 2.20. The molecule has 0 bridgehead atoms. The summed E-state index contributed by atoms with van der Waals surface area (Å²) in [6, 6.07) is 9.43. The summed E-state index contributed by atoms with van der Waals surface area (Å²) in [6.45, 7) is 3.67. The topological polar surface area (TPSA) is 83.5 Å². The van der Waals surface area contributed by atoms with Crippen LogP contribution in [0.25, 0.3) is 0 Å². The first kappa shape index (κ1) is 17.5. The van der Waals surface area contributed by atoms with Crippen LogP contribution in [0.5, 0.6) is 0 Å². The molecule has 122 valence electrons. The van der Waals surface area contributed by atoms with Crippen LogP contribution in [0, 0.1) is 6.92 Å². The van der Waals surface area contributed by atoms with E-state index in [0.717, 1.165) is 11.1 Å². The fourth-order valence-electron chi connectivity index (χ4n) is 2.13. The van der Waals surface area contributed by atoms with Crippen molar-refractivity contribution in [2.75, 3.05) is 4.72 Å². The summed E-state index contributed by atoms with van der Waals surface area (Å²) < 4.78 is 28.2. The van der Waals surface area contributed by atoms with Gasteiger partial charge in [-0.15, -0.1) is 0 Å². The Morgan fingerprint density at radius 1 is 1.22 bits per heavy atom. The van der Waals surface area contributed by atoms with Crippen LogP contribution >= 0.6 is 15.9 Å². The van der Waals surface area contributed by atoms with Crippen LogP contribution in [0.15, 0.2) is 45.8 Å². The summed E-state index contributed by atoms with van der Waals surface area (Å²) in [5.41, 5.74) is 1.84. The van der Waals surface area contributed by atoms with E-state index in [1.54, 1.807) is 31.2 Å². The summed E-state index contributed by atoms with van der Waals surface area (Å²) in [6.07, 6.45) is 0.576. The van der Waals surface area contributed by atoms with Crippen molar-refractivity contribution in [1.29, 1.82) is 0 Å². The number of sulfonamides is 1. The minimum absolute atomic E-state index is 0.0307. The van der Waals surface area contributed by atoms with Crippen LogP contribution < -0.4 is 4.72 Å². The van der Waals surface area contributed by atoms with E-state index in [1.807, 2.05) is 6.92 Å². The zero-order chi connectivity index (χ0) is 17.2. The van der Waals surface area contributed by atoms with E-state index in [4.69, 9.17) is 5.11 Å². The van der Waals surface area contributed by atoms with Crippen LogP contribution in [-0.2, 0) is 16.4 Å². The third kappa shape index (κ3) is 3.92. The predicted octanol–water partition coefficient (Wildman–Crippen LogP) is 3.82. The van der Waals surface area contributed by atoms with Crippen LogP contribution in [0.2, 0.25) is 0 Å². The maximum atomic E-state index is 12.6. The zero-order valence-electron chi connectivity index (χ0n) is 12.6. The lowest BCUT2D eigenvalue weighted by Gasteiger charge is -2.14. The number of aryl methyl sites for hydroxylation is 2. The van der Waals surface area contributed by atoms with E-state index in [1.165, 1.54) is 12.1 Å². The predicted molar refractivity (Wildman–Crippen MR) is 92.5 cm³/mol. The quantitative estimate of drug-likeness (QED) is 0.802. The lowest BCUT2D eigenvalue weighted by atomic mass is 10.1. The van der Waals surface area contributed by atoms with Gasteiger partial charge in [-0.3, -0.25) is 4.72 Å². The first-order chi connectivity index (χ1) is 10.7. The third-order valence-electron chi connectivity index (χ3n) is 3.36. The summed E-state index contributed by atoms with van der Waals surface area (Å²) >= 11 is 3.24. The minimum Gasteiger partial charge on any atom is -0.478 e. The normalized spacial score (nSPS) is 11.3. The molecule has 2 aromatic rings. The molecule has 0 aliphatic heterocycles. The van der Waals surface area contributed by atoms with Gasteiger partial charge in [0.05, 0.1) is 11.3 Å². The molecule has 0 atom stereocenters. The van der Waals surface area contributed by atoms with Crippen molar-refractivity contribution in [3.63, 3.8) is 0 Å². The van der Waals surface area contributed by atoms with Gasteiger partial charge in [0.2, 0.25) is 0 Å². The molecular weight excluding hydrogens is 382 g/mol. The summed E-state index contributed by atoms with van der Waals surface area (Å²) in [5, 5.41) is 9.08. The van der Waals surface area contributed by atoms with Crippen molar-refractivity contribution >= 4 is 37.6 Å². The SMILES string of the molecule is CCc1ccc(C(=O)O)cc1NS(=O)(=O)c1cc(C)ccc1Br. The molecule has 0 heterocycles. The second-order valence-electron chi connectivity index (χ2n) is 5.07. The first-order valence-electron chi connectivity index (χ1n) is 6.90. The largest absolute Gasteiger partial charge is 0.478 e. The molecular formula is C16H16BrNO4S. The Bertz CT molecular complexity index is 862. The summed E-state index contributed by atoms with van der Waals surface area (Å²) in [7, 11) is -3.83. The number of halogens is 1. The number of hydrogen-bond acceptors (Lipinski definition) is 3. The number of aromatic carboxylic acids is 1. The van der Waals surface area contributed by atoms with Crippen molar-refractivity contribution < 1.29 is 18.3 Å². The molecule has 0 spiro atoms. The Morgan fingerprint density at radius 3 is 2.52 bits per heavy atom. The molecule has 0 aromatic heterocycles. The maximum Gasteiger partial charge on any atom is 0.335 e. The molecule has 0 amide bonds. The number of carboxylic acid groups (broad SMARTS) is 1. The van der Waals surface area contributed by atoms with Crippen LogP contribution in [0.3, 0.4) is 0 Å². The number of carbonyl (C=O) groups is 1. The first-order valence-corrected chi connectivity index (χ1v) is 9.17. The minimum atomic E-state index is -3.83. The van der Waals surface area contributed by atoms with E-state index >= 15 is 0 Å². The van der Waals surface area contributed by atoms with Gasteiger partial charge < -0.3 is 5.11 Å². The van der Waals surface area contributed by atoms with E-state index in [9.17, 15) is 13.2 Å².